The molecule has 9 nitrogen and oxygen atoms in total. The van der Waals surface area contributed by atoms with Gasteiger partial charge in [0.15, 0.2) is 0 Å². The largest absolute Gasteiger partial charge is 0.463 e. The second kappa shape index (κ2) is 8.55. The number of carbonyl (C=O) groups excluding carboxylic acids is 2. The third-order valence-corrected chi connectivity index (χ3v) is 2.85. The fourth-order valence-corrected chi connectivity index (χ4v) is 1.70. The lowest BCUT2D eigenvalue weighted by molar-refractivity contribution is 0.0119. The predicted molar refractivity (Wildman–Crippen MR) is 83.2 cm³/mol. The Morgan fingerprint density at radius 1 is 1.25 bits per heavy atom. The maximum atomic E-state index is 11.5. The van der Waals surface area contributed by atoms with Crippen LogP contribution in [0, 0.1) is 0 Å². The summed E-state index contributed by atoms with van der Waals surface area (Å²) in [6.45, 7) is 5.34. The van der Waals surface area contributed by atoms with E-state index in [4.69, 9.17) is 4.74 Å². The standard InChI is InChI=1S/C15H23N3O6/c1-15(2,3)24-14(22)16-6-5-10(19)11(20)9-7-17-12(18-8-9)13(21)23-4/h7-8,10-11,19-20H,5-6H2,1-4H3,(H,16,22). The summed E-state index contributed by atoms with van der Waals surface area (Å²) in [6.07, 6.45) is -0.443. The number of ether oxygens (including phenoxy) is 2. The van der Waals surface area contributed by atoms with Crippen LogP contribution in [0.2, 0.25) is 0 Å². The van der Waals surface area contributed by atoms with Gasteiger partial charge in [0.2, 0.25) is 5.82 Å². The van der Waals surface area contributed by atoms with Crippen molar-refractivity contribution >= 4 is 12.1 Å². The van der Waals surface area contributed by atoms with E-state index in [0.29, 0.717) is 0 Å². The quantitative estimate of drug-likeness (QED) is 0.640. The summed E-state index contributed by atoms with van der Waals surface area (Å²) in [5, 5.41) is 22.5. The molecule has 3 N–H and O–H groups in total. The Balaban J connectivity index is 2.48. The normalized spacial score (nSPS) is 13.8. The molecule has 0 aliphatic carbocycles. The number of esters is 1. The van der Waals surface area contributed by atoms with Gasteiger partial charge in [-0.15, -0.1) is 0 Å². The van der Waals surface area contributed by atoms with Crippen LogP contribution < -0.4 is 5.32 Å². The molecule has 0 spiro atoms. The number of aliphatic hydroxyl groups excluding tert-OH is 2. The van der Waals surface area contributed by atoms with Crippen LogP contribution in [-0.4, -0.2) is 57.6 Å². The molecule has 0 aromatic carbocycles. The molecule has 1 amide bonds. The number of aromatic nitrogens is 2. The van der Waals surface area contributed by atoms with Gasteiger partial charge >= 0.3 is 12.1 Å². The van der Waals surface area contributed by atoms with Crippen molar-refractivity contribution in [1.29, 1.82) is 0 Å². The van der Waals surface area contributed by atoms with E-state index in [9.17, 15) is 19.8 Å². The minimum atomic E-state index is -1.25. The number of hydrogen-bond donors (Lipinski definition) is 3. The molecule has 9 heteroatoms. The Bertz CT molecular complexity index is 555. The Kier molecular flexibility index (Phi) is 7.05. The number of nitrogens with one attached hydrogen (secondary N) is 1. The molecule has 0 aliphatic rings. The van der Waals surface area contributed by atoms with E-state index < -0.39 is 29.9 Å². The van der Waals surface area contributed by atoms with Crippen molar-refractivity contribution in [2.75, 3.05) is 13.7 Å². The molecule has 0 saturated heterocycles. The minimum absolute atomic E-state index is 0.0964. The summed E-state index contributed by atoms with van der Waals surface area (Å²) in [6, 6.07) is 0. The maximum absolute atomic E-state index is 11.5. The van der Waals surface area contributed by atoms with Crippen LogP contribution in [0.15, 0.2) is 12.4 Å². The monoisotopic (exact) mass is 341 g/mol. The Labute approximate surface area is 140 Å². The predicted octanol–water partition coefficient (Wildman–Crippen LogP) is 0.572. The van der Waals surface area contributed by atoms with Crippen molar-refractivity contribution < 1.29 is 29.3 Å². The molecule has 1 aromatic heterocycles. The molecule has 24 heavy (non-hydrogen) atoms. The highest BCUT2D eigenvalue weighted by Crippen LogP contribution is 2.17. The SMILES string of the molecule is COC(=O)c1ncc(C(O)C(O)CCNC(=O)OC(C)(C)C)cn1. The van der Waals surface area contributed by atoms with Crippen LogP contribution in [0.5, 0.6) is 0 Å². The van der Waals surface area contributed by atoms with Gasteiger partial charge in [-0.05, 0) is 27.2 Å². The Morgan fingerprint density at radius 3 is 2.33 bits per heavy atom. The molecule has 2 atom stereocenters. The lowest BCUT2D eigenvalue weighted by Gasteiger charge is -2.21. The number of rotatable bonds is 6. The minimum Gasteiger partial charge on any atom is -0.463 e. The van der Waals surface area contributed by atoms with E-state index in [-0.39, 0.29) is 24.4 Å². The molecule has 1 heterocycles. The highest BCUT2D eigenvalue weighted by molar-refractivity contribution is 5.84. The van der Waals surface area contributed by atoms with E-state index in [0.717, 1.165) is 0 Å². The number of aliphatic hydroxyl groups is 2. The topological polar surface area (TPSA) is 131 Å². The van der Waals surface area contributed by atoms with Crippen LogP contribution in [0.4, 0.5) is 4.79 Å². The van der Waals surface area contributed by atoms with Crippen molar-refractivity contribution in [1.82, 2.24) is 15.3 Å². The van der Waals surface area contributed by atoms with Crippen LogP contribution in [0.3, 0.4) is 0 Å². The van der Waals surface area contributed by atoms with Gasteiger partial charge in [0.1, 0.15) is 11.7 Å². The lowest BCUT2D eigenvalue weighted by atomic mass is 10.1. The van der Waals surface area contributed by atoms with Gasteiger partial charge in [-0.25, -0.2) is 19.6 Å². The summed E-state index contributed by atoms with van der Waals surface area (Å²) < 4.78 is 9.52. The fraction of sp³-hybridized carbons (Fsp3) is 0.600. The van der Waals surface area contributed by atoms with E-state index in [1.807, 2.05) is 0 Å². The van der Waals surface area contributed by atoms with Crippen LogP contribution in [0.1, 0.15) is 49.5 Å². The molecule has 0 saturated carbocycles. The van der Waals surface area contributed by atoms with E-state index in [1.54, 1.807) is 20.8 Å². The highest BCUT2D eigenvalue weighted by Gasteiger charge is 2.21. The molecule has 0 bridgehead atoms. The summed E-state index contributed by atoms with van der Waals surface area (Å²) in [5.41, 5.74) is -0.367. The van der Waals surface area contributed by atoms with E-state index in [1.165, 1.54) is 19.5 Å². The number of alkyl carbamates (subject to hydrolysis) is 1. The summed E-state index contributed by atoms with van der Waals surface area (Å²) >= 11 is 0. The van der Waals surface area contributed by atoms with Crippen molar-refractivity contribution in [2.45, 2.75) is 45.0 Å². The average molecular weight is 341 g/mol. The molecular formula is C15H23N3O6. The second-order valence-corrected chi connectivity index (χ2v) is 6.06. The molecule has 1 rings (SSSR count). The van der Waals surface area contributed by atoms with Gasteiger partial charge in [0, 0.05) is 24.5 Å². The lowest BCUT2D eigenvalue weighted by Crippen LogP contribution is -2.34. The molecular weight excluding hydrogens is 318 g/mol. The van der Waals surface area contributed by atoms with Gasteiger partial charge in [-0.3, -0.25) is 0 Å². The first kappa shape index (κ1) is 19.8. The van der Waals surface area contributed by atoms with Gasteiger partial charge in [-0.1, -0.05) is 0 Å². The van der Waals surface area contributed by atoms with E-state index >= 15 is 0 Å². The number of nitrogens with zero attached hydrogens (tertiary/aromatic N) is 2. The zero-order chi connectivity index (χ0) is 18.3. The van der Waals surface area contributed by atoms with Crippen molar-refractivity contribution in [3.05, 3.63) is 23.8 Å². The zero-order valence-electron chi connectivity index (χ0n) is 14.1. The van der Waals surface area contributed by atoms with E-state index in [2.05, 4.69) is 20.0 Å². The summed E-state index contributed by atoms with van der Waals surface area (Å²) in [5.74, 6) is -0.840. The summed E-state index contributed by atoms with van der Waals surface area (Å²) in [7, 11) is 1.20. The van der Waals surface area contributed by atoms with Gasteiger partial charge in [-0.2, -0.15) is 0 Å². The van der Waals surface area contributed by atoms with Crippen LogP contribution in [0.25, 0.3) is 0 Å². The van der Waals surface area contributed by atoms with Crippen molar-refractivity contribution in [3.8, 4) is 0 Å². The summed E-state index contributed by atoms with van der Waals surface area (Å²) in [4.78, 5) is 30.2. The number of carbonyl (C=O) groups is 2. The number of amides is 1. The molecule has 0 fully saturated rings. The first-order valence-corrected chi connectivity index (χ1v) is 7.37. The molecule has 2 unspecified atom stereocenters. The number of methoxy groups -OCH3 is 1. The maximum Gasteiger partial charge on any atom is 0.407 e. The third-order valence-electron chi connectivity index (χ3n) is 2.85. The molecule has 134 valence electrons. The Hall–Kier alpha value is -2.26. The van der Waals surface area contributed by atoms with Crippen LogP contribution >= 0.6 is 0 Å². The highest BCUT2D eigenvalue weighted by atomic mass is 16.6. The third kappa shape index (κ3) is 6.47. The molecule has 0 radical (unpaired) electrons. The van der Waals surface area contributed by atoms with Crippen molar-refractivity contribution in [2.24, 2.45) is 0 Å². The number of hydrogen-bond acceptors (Lipinski definition) is 8. The van der Waals surface area contributed by atoms with Gasteiger partial charge < -0.3 is 25.0 Å². The first-order valence-electron chi connectivity index (χ1n) is 7.37. The van der Waals surface area contributed by atoms with Crippen LogP contribution in [-0.2, 0) is 9.47 Å². The molecule has 1 aromatic rings. The van der Waals surface area contributed by atoms with Gasteiger partial charge in [0.05, 0.1) is 13.2 Å². The smallest absolute Gasteiger partial charge is 0.407 e. The zero-order valence-corrected chi connectivity index (χ0v) is 14.1. The Morgan fingerprint density at radius 2 is 1.83 bits per heavy atom. The average Bonchev–Trinajstić information content (AvgIpc) is 2.51. The fourth-order valence-electron chi connectivity index (χ4n) is 1.70. The second-order valence-electron chi connectivity index (χ2n) is 6.06. The van der Waals surface area contributed by atoms with Gasteiger partial charge in [0.25, 0.3) is 0 Å². The van der Waals surface area contributed by atoms with Crippen molar-refractivity contribution in [3.63, 3.8) is 0 Å². The molecule has 0 aliphatic heterocycles. The first-order chi connectivity index (χ1) is 11.1.